The Morgan fingerprint density at radius 3 is 1.77 bits per heavy atom. The SMILES string of the molecule is Brc1ccc(Br)c(C#Cc2ccc3c(c2)c2ccccc2n3-c2ccccc2)c1C#Cc1ccc2[nH]c3ccccc3c2c1. The lowest BCUT2D eigenvalue weighted by Gasteiger charge is -2.07. The molecule has 0 bridgehead atoms. The molecule has 0 aliphatic carbocycles. The summed E-state index contributed by atoms with van der Waals surface area (Å²) in [5.74, 6) is 13.7. The molecule has 0 spiro atoms. The monoisotopic (exact) mass is 688 g/mol. The summed E-state index contributed by atoms with van der Waals surface area (Å²) < 4.78 is 4.13. The van der Waals surface area contributed by atoms with Crippen LogP contribution in [0.4, 0.5) is 0 Å². The second-order valence-electron chi connectivity index (χ2n) is 10.6. The molecule has 0 aliphatic rings. The summed E-state index contributed by atoms with van der Waals surface area (Å²) in [6.45, 7) is 0. The van der Waals surface area contributed by atoms with E-state index in [9.17, 15) is 0 Å². The predicted octanol–water partition coefficient (Wildman–Crippen LogP) is 10.7. The highest BCUT2D eigenvalue weighted by molar-refractivity contribution is 9.11. The summed E-state index contributed by atoms with van der Waals surface area (Å²) in [6.07, 6.45) is 0. The minimum Gasteiger partial charge on any atom is -0.355 e. The van der Waals surface area contributed by atoms with E-state index in [-0.39, 0.29) is 0 Å². The second kappa shape index (κ2) is 10.9. The van der Waals surface area contributed by atoms with Gasteiger partial charge < -0.3 is 9.55 Å². The average molecular weight is 690 g/mol. The molecule has 0 fully saturated rings. The molecule has 2 heterocycles. The molecular weight excluding hydrogens is 668 g/mol. The van der Waals surface area contributed by atoms with Crippen LogP contribution in [0.15, 0.2) is 136 Å². The van der Waals surface area contributed by atoms with Crippen LogP contribution in [-0.4, -0.2) is 9.55 Å². The molecule has 2 aromatic heterocycles. The maximum Gasteiger partial charge on any atom is 0.0559 e. The van der Waals surface area contributed by atoms with Gasteiger partial charge in [-0.05, 0) is 105 Å². The summed E-state index contributed by atoms with van der Waals surface area (Å²) >= 11 is 7.47. The van der Waals surface area contributed by atoms with Gasteiger partial charge in [-0.1, -0.05) is 78.3 Å². The number of nitrogens with one attached hydrogen (secondary N) is 1. The molecule has 0 saturated heterocycles. The first-order chi connectivity index (χ1) is 21.6. The van der Waals surface area contributed by atoms with Crippen molar-refractivity contribution >= 4 is 75.5 Å². The highest BCUT2D eigenvalue weighted by atomic mass is 79.9. The summed E-state index contributed by atoms with van der Waals surface area (Å²) in [6, 6.07) is 44.2. The van der Waals surface area contributed by atoms with Crippen molar-refractivity contribution in [2.24, 2.45) is 0 Å². The molecule has 0 aliphatic heterocycles. The molecule has 206 valence electrons. The Morgan fingerprint density at radius 1 is 0.455 bits per heavy atom. The third-order valence-corrected chi connectivity index (χ3v) is 9.28. The van der Waals surface area contributed by atoms with Crippen LogP contribution in [0.3, 0.4) is 0 Å². The molecule has 2 nitrogen and oxygen atoms in total. The van der Waals surface area contributed by atoms with Crippen LogP contribution >= 0.6 is 31.9 Å². The van der Waals surface area contributed by atoms with Crippen LogP contribution in [0.5, 0.6) is 0 Å². The molecule has 6 aromatic carbocycles. The highest BCUT2D eigenvalue weighted by Crippen LogP contribution is 2.33. The molecular formula is C40H22Br2N2. The first-order valence-electron chi connectivity index (χ1n) is 14.3. The summed E-state index contributed by atoms with van der Waals surface area (Å²) in [4.78, 5) is 3.49. The van der Waals surface area contributed by atoms with E-state index in [1.54, 1.807) is 0 Å². The normalized spacial score (nSPS) is 11.0. The zero-order valence-electron chi connectivity index (χ0n) is 23.3. The number of para-hydroxylation sites is 3. The van der Waals surface area contributed by atoms with Gasteiger partial charge in [0.15, 0.2) is 0 Å². The maximum absolute atomic E-state index is 3.74. The third kappa shape index (κ3) is 4.61. The van der Waals surface area contributed by atoms with Gasteiger partial charge in [-0.15, -0.1) is 0 Å². The number of halogens is 2. The zero-order valence-corrected chi connectivity index (χ0v) is 26.5. The Bertz CT molecular complexity index is 2530. The van der Waals surface area contributed by atoms with Gasteiger partial charge in [-0.25, -0.2) is 0 Å². The fourth-order valence-electron chi connectivity index (χ4n) is 5.90. The van der Waals surface area contributed by atoms with Gasteiger partial charge in [-0.3, -0.25) is 0 Å². The number of aromatic nitrogens is 2. The van der Waals surface area contributed by atoms with E-state index >= 15 is 0 Å². The Labute approximate surface area is 271 Å². The van der Waals surface area contributed by atoms with E-state index in [2.05, 4.69) is 168 Å². The van der Waals surface area contributed by atoms with Gasteiger partial charge in [0, 0.05) is 58.3 Å². The van der Waals surface area contributed by atoms with E-state index in [4.69, 9.17) is 0 Å². The van der Waals surface area contributed by atoms with Gasteiger partial charge in [-0.2, -0.15) is 0 Å². The quantitative estimate of drug-likeness (QED) is 0.166. The van der Waals surface area contributed by atoms with Crippen molar-refractivity contribution in [1.82, 2.24) is 9.55 Å². The minimum atomic E-state index is 0.854. The number of nitrogens with zero attached hydrogens (tertiary/aromatic N) is 1. The van der Waals surface area contributed by atoms with Crippen molar-refractivity contribution < 1.29 is 0 Å². The first kappa shape index (κ1) is 26.6. The number of fused-ring (bicyclic) bond motifs is 6. The highest BCUT2D eigenvalue weighted by Gasteiger charge is 2.12. The standard InChI is InChI=1S/C40H22Br2N2/c41-35-20-21-36(42)30(29(35)18-14-26-16-22-38-33(24-26)31-10-4-6-12-37(31)43-38)19-15-27-17-23-40-34(25-27)32-11-5-7-13-39(32)44(40)28-8-2-1-3-9-28/h1-13,16-17,20-25,43H. The number of hydrogen-bond donors (Lipinski definition) is 1. The van der Waals surface area contributed by atoms with Crippen LogP contribution in [-0.2, 0) is 0 Å². The van der Waals surface area contributed by atoms with Crippen LogP contribution < -0.4 is 0 Å². The average Bonchev–Trinajstić information content (AvgIpc) is 3.60. The van der Waals surface area contributed by atoms with Gasteiger partial charge in [0.2, 0.25) is 0 Å². The number of aromatic amines is 1. The van der Waals surface area contributed by atoms with E-state index in [1.165, 1.54) is 27.1 Å². The van der Waals surface area contributed by atoms with Crippen LogP contribution in [0, 0.1) is 23.7 Å². The van der Waals surface area contributed by atoms with Crippen LogP contribution in [0.2, 0.25) is 0 Å². The Hall–Kier alpha value is -5.00. The second-order valence-corrected chi connectivity index (χ2v) is 12.3. The molecule has 8 rings (SSSR count). The van der Waals surface area contributed by atoms with Gasteiger partial charge in [0.1, 0.15) is 0 Å². The summed E-state index contributed by atoms with van der Waals surface area (Å²) in [5.41, 5.74) is 9.32. The predicted molar refractivity (Wildman–Crippen MR) is 190 cm³/mol. The molecule has 1 N–H and O–H groups in total. The van der Waals surface area contributed by atoms with Crippen LogP contribution in [0.25, 0.3) is 49.3 Å². The molecule has 0 atom stereocenters. The zero-order chi connectivity index (χ0) is 29.6. The smallest absolute Gasteiger partial charge is 0.0559 e. The molecule has 0 radical (unpaired) electrons. The van der Waals surface area contributed by atoms with Crippen molar-refractivity contribution in [2.45, 2.75) is 0 Å². The van der Waals surface area contributed by atoms with Crippen molar-refractivity contribution in [3.05, 3.63) is 159 Å². The minimum absolute atomic E-state index is 0.854. The van der Waals surface area contributed by atoms with Crippen LogP contribution in [0.1, 0.15) is 22.3 Å². The molecule has 44 heavy (non-hydrogen) atoms. The lowest BCUT2D eigenvalue weighted by molar-refractivity contribution is 1.18. The number of hydrogen-bond acceptors (Lipinski definition) is 0. The molecule has 8 aromatic rings. The van der Waals surface area contributed by atoms with Gasteiger partial charge in [0.05, 0.1) is 22.2 Å². The fourth-order valence-corrected chi connectivity index (χ4v) is 6.76. The topological polar surface area (TPSA) is 20.7 Å². The van der Waals surface area contributed by atoms with E-state index < -0.39 is 0 Å². The fraction of sp³-hybridized carbons (Fsp3) is 0. The largest absolute Gasteiger partial charge is 0.355 e. The van der Waals surface area contributed by atoms with E-state index in [0.29, 0.717) is 0 Å². The van der Waals surface area contributed by atoms with Crippen molar-refractivity contribution in [3.8, 4) is 29.4 Å². The van der Waals surface area contributed by atoms with Crippen molar-refractivity contribution in [3.63, 3.8) is 0 Å². The number of benzene rings is 6. The van der Waals surface area contributed by atoms with Crippen molar-refractivity contribution in [2.75, 3.05) is 0 Å². The maximum atomic E-state index is 3.74. The molecule has 4 heteroatoms. The summed E-state index contributed by atoms with van der Waals surface area (Å²) in [7, 11) is 0. The summed E-state index contributed by atoms with van der Waals surface area (Å²) in [5, 5.41) is 4.75. The lowest BCUT2D eigenvalue weighted by Crippen LogP contribution is -1.92. The van der Waals surface area contributed by atoms with Gasteiger partial charge >= 0.3 is 0 Å². The number of rotatable bonds is 1. The first-order valence-corrected chi connectivity index (χ1v) is 15.8. The van der Waals surface area contributed by atoms with Gasteiger partial charge in [0.25, 0.3) is 0 Å². The molecule has 0 amide bonds. The number of H-pyrrole nitrogens is 1. The molecule has 0 unspecified atom stereocenters. The van der Waals surface area contributed by atoms with E-state index in [1.807, 2.05) is 24.3 Å². The molecule has 0 saturated carbocycles. The Morgan fingerprint density at radius 2 is 1.02 bits per heavy atom. The van der Waals surface area contributed by atoms with E-state index in [0.717, 1.165) is 53.4 Å². The Kier molecular flexibility index (Phi) is 6.61. The Balaban J connectivity index is 1.21. The lowest BCUT2D eigenvalue weighted by atomic mass is 10.1. The van der Waals surface area contributed by atoms with Crippen molar-refractivity contribution in [1.29, 1.82) is 0 Å². The third-order valence-electron chi connectivity index (χ3n) is 7.96.